The molecule has 1 aromatic carbocycles. The van der Waals surface area contributed by atoms with Crippen LogP contribution in [-0.2, 0) is 7.05 Å². The summed E-state index contributed by atoms with van der Waals surface area (Å²) in [7, 11) is 1.92. The van der Waals surface area contributed by atoms with Crippen LogP contribution in [0.25, 0.3) is 0 Å². The van der Waals surface area contributed by atoms with E-state index in [0.717, 1.165) is 25.2 Å². The van der Waals surface area contributed by atoms with Crippen molar-refractivity contribution < 1.29 is 4.79 Å². The van der Waals surface area contributed by atoms with Gasteiger partial charge in [0.05, 0.1) is 17.8 Å². The number of carbonyl (C=O) groups is 1. The van der Waals surface area contributed by atoms with Crippen molar-refractivity contribution in [2.24, 2.45) is 7.05 Å². The van der Waals surface area contributed by atoms with Gasteiger partial charge in [-0.15, -0.1) is 0 Å². The first-order valence-electron chi connectivity index (χ1n) is 7.37. The predicted octanol–water partition coefficient (Wildman–Crippen LogP) is 2.49. The average molecular weight is 294 g/mol. The second-order valence-corrected chi connectivity index (χ2v) is 5.78. The molecule has 0 N–H and O–H groups in total. The Hall–Kier alpha value is -2.61. The maximum absolute atomic E-state index is 11.9. The lowest BCUT2D eigenvalue weighted by atomic mass is 10.0. The summed E-state index contributed by atoms with van der Waals surface area (Å²) in [5.74, 6) is 0.448. The van der Waals surface area contributed by atoms with Crippen LogP contribution < -0.4 is 4.90 Å². The Bertz CT molecular complexity index is 756. The lowest BCUT2D eigenvalue weighted by molar-refractivity contribution is 0.101. The molecule has 0 aliphatic carbocycles. The molecular formula is C17H18N4O. The Morgan fingerprint density at radius 1 is 1.45 bits per heavy atom. The number of hydrogen-bond acceptors (Lipinski definition) is 4. The van der Waals surface area contributed by atoms with Gasteiger partial charge in [-0.2, -0.15) is 10.4 Å². The molecule has 1 aliphatic rings. The lowest BCUT2D eigenvalue weighted by Crippen LogP contribution is -2.21. The summed E-state index contributed by atoms with van der Waals surface area (Å²) in [5, 5.41) is 13.3. The second-order valence-electron chi connectivity index (χ2n) is 5.78. The van der Waals surface area contributed by atoms with E-state index < -0.39 is 0 Å². The highest BCUT2D eigenvalue weighted by atomic mass is 16.1. The summed E-state index contributed by atoms with van der Waals surface area (Å²) >= 11 is 0. The number of hydrogen-bond donors (Lipinski definition) is 0. The zero-order valence-electron chi connectivity index (χ0n) is 12.8. The fourth-order valence-electron chi connectivity index (χ4n) is 3.06. The highest BCUT2D eigenvalue weighted by molar-refractivity contribution is 6.00. The minimum atomic E-state index is 0.0318. The van der Waals surface area contributed by atoms with E-state index in [1.165, 1.54) is 5.56 Å². The van der Waals surface area contributed by atoms with Crippen LogP contribution in [0.5, 0.6) is 0 Å². The Balaban J connectivity index is 1.89. The third kappa shape index (κ3) is 2.60. The molecule has 0 spiro atoms. The predicted molar refractivity (Wildman–Crippen MR) is 83.9 cm³/mol. The van der Waals surface area contributed by atoms with Gasteiger partial charge >= 0.3 is 0 Å². The van der Waals surface area contributed by atoms with E-state index in [-0.39, 0.29) is 5.78 Å². The van der Waals surface area contributed by atoms with Gasteiger partial charge in [0.25, 0.3) is 0 Å². The first kappa shape index (κ1) is 14.3. The van der Waals surface area contributed by atoms with Gasteiger partial charge in [-0.3, -0.25) is 9.48 Å². The summed E-state index contributed by atoms with van der Waals surface area (Å²) in [4.78, 5) is 14.1. The van der Waals surface area contributed by atoms with Gasteiger partial charge in [0.2, 0.25) is 0 Å². The van der Waals surface area contributed by atoms with E-state index in [1.54, 1.807) is 19.1 Å². The SMILES string of the molecule is CC(=O)c1ccc(C#N)cc1N1CCC(c2cnn(C)c2)C1. The smallest absolute Gasteiger partial charge is 0.161 e. The fraction of sp³-hybridized carbons (Fsp3) is 0.353. The largest absolute Gasteiger partial charge is 0.370 e. The molecule has 5 heteroatoms. The Kier molecular flexibility index (Phi) is 3.68. The topological polar surface area (TPSA) is 61.9 Å². The van der Waals surface area contributed by atoms with Gasteiger partial charge in [0, 0.05) is 43.5 Å². The number of rotatable bonds is 3. The van der Waals surface area contributed by atoms with Crippen molar-refractivity contribution >= 4 is 11.5 Å². The molecule has 1 fully saturated rings. The van der Waals surface area contributed by atoms with Crippen LogP contribution in [0.15, 0.2) is 30.6 Å². The van der Waals surface area contributed by atoms with Gasteiger partial charge in [-0.25, -0.2) is 0 Å². The van der Waals surface area contributed by atoms with Crippen molar-refractivity contribution in [3.05, 3.63) is 47.3 Å². The molecule has 1 aromatic heterocycles. The monoisotopic (exact) mass is 294 g/mol. The van der Waals surface area contributed by atoms with Crippen molar-refractivity contribution in [1.29, 1.82) is 5.26 Å². The third-order valence-corrected chi connectivity index (χ3v) is 4.23. The molecule has 1 unspecified atom stereocenters. The number of aryl methyl sites for hydroxylation is 1. The second kappa shape index (κ2) is 5.64. The van der Waals surface area contributed by atoms with Crippen LogP contribution in [0.3, 0.4) is 0 Å². The zero-order chi connectivity index (χ0) is 15.7. The first-order chi connectivity index (χ1) is 10.6. The molecule has 2 aromatic rings. The van der Waals surface area contributed by atoms with Crippen molar-refractivity contribution in [3.63, 3.8) is 0 Å². The van der Waals surface area contributed by atoms with Gasteiger partial charge in [-0.1, -0.05) is 0 Å². The van der Waals surface area contributed by atoms with E-state index in [4.69, 9.17) is 5.26 Å². The lowest BCUT2D eigenvalue weighted by Gasteiger charge is -2.21. The standard InChI is InChI=1S/C17H18N4O/c1-12(22)16-4-3-13(8-18)7-17(16)21-6-5-14(11-21)15-9-19-20(2)10-15/h3-4,7,9-10,14H,5-6,11H2,1-2H3. The molecule has 22 heavy (non-hydrogen) atoms. The molecule has 0 radical (unpaired) electrons. The molecule has 3 rings (SSSR count). The summed E-state index contributed by atoms with van der Waals surface area (Å²) in [6.07, 6.45) is 4.98. The van der Waals surface area contributed by atoms with Crippen molar-refractivity contribution in [3.8, 4) is 6.07 Å². The zero-order valence-corrected chi connectivity index (χ0v) is 12.8. The van der Waals surface area contributed by atoms with E-state index in [1.807, 2.05) is 30.2 Å². The van der Waals surface area contributed by atoms with Crippen LogP contribution in [0, 0.1) is 11.3 Å². The number of nitrogens with zero attached hydrogens (tertiary/aromatic N) is 4. The number of Topliss-reactive ketones (excluding diaryl/α,β-unsaturated/α-hetero) is 1. The highest BCUT2D eigenvalue weighted by Crippen LogP contribution is 2.33. The van der Waals surface area contributed by atoms with E-state index >= 15 is 0 Å². The van der Waals surface area contributed by atoms with Gasteiger partial charge in [0.15, 0.2) is 5.78 Å². The molecule has 1 saturated heterocycles. The molecule has 1 atom stereocenters. The van der Waals surface area contributed by atoms with Crippen LogP contribution in [0.2, 0.25) is 0 Å². The normalized spacial score (nSPS) is 17.5. The molecule has 0 amide bonds. The number of carbonyl (C=O) groups excluding carboxylic acids is 1. The first-order valence-corrected chi connectivity index (χ1v) is 7.37. The van der Waals surface area contributed by atoms with Crippen molar-refractivity contribution in [2.75, 3.05) is 18.0 Å². The number of benzene rings is 1. The number of aromatic nitrogens is 2. The Morgan fingerprint density at radius 3 is 2.91 bits per heavy atom. The van der Waals surface area contributed by atoms with Crippen LogP contribution >= 0.6 is 0 Å². The maximum Gasteiger partial charge on any atom is 0.161 e. The summed E-state index contributed by atoms with van der Waals surface area (Å²) in [6, 6.07) is 7.43. The van der Waals surface area contributed by atoms with Gasteiger partial charge in [-0.05, 0) is 37.1 Å². The van der Waals surface area contributed by atoms with Crippen molar-refractivity contribution in [2.45, 2.75) is 19.3 Å². The molecule has 0 bridgehead atoms. The molecule has 0 saturated carbocycles. The fourth-order valence-corrected chi connectivity index (χ4v) is 3.06. The Labute approximate surface area is 129 Å². The van der Waals surface area contributed by atoms with Crippen LogP contribution in [0.1, 0.15) is 40.7 Å². The number of anilines is 1. The van der Waals surface area contributed by atoms with Gasteiger partial charge < -0.3 is 4.90 Å². The molecule has 1 aliphatic heterocycles. The number of ketones is 1. The van der Waals surface area contributed by atoms with E-state index in [2.05, 4.69) is 16.1 Å². The molecule has 112 valence electrons. The summed E-state index contributed by atoms with van der Waals surface area (Å²) in [6.45, 7) is 3.30. The summed E-state index contributed by atoms with van der Waals surface area (Å²) in [5.41, 5.74) is 3.37. The molecular weight excluding hydrogens is 276 g/mol. The van der Waals surface area contributed by atoms with Crippen LogP contribution in [0.4, 0.5) is 5.69 Å². The molecule has 2 heterocycles. The van der Waals surface area contributed by atoms with Gasteiger partial charge in [0.1, 0.15) is 0 Å². The maximum atomic E-state index is 11.9. The minimum absolute atomic E-state index is 0.0318. The number of nitriles is 1. The van der Waals surface area contributed by atoms with E-state index in [0.29, 0.717) is 17.0 Å². The highest BCUT2D eigenvalue weighted by Gasteiger charge is 2.27. The molecule has 5 nitrogen and oxygen atoms in total. The van der Waals surface area contributed by atoms with Crippen LogP contribution in [-0.4, -0.2) is 28.7 Å². The van der Waals surface area contributed by atoms with E-state index in [9.17, 15) is 4.79 Å². The third-order valence-electron chi connectivity index (χ3n) is 4.23. The Morgan fingerprint density at radius 2 is 2.27 bits per heavy atom. The average Bonchev–Trinajstić information content (AvgIpc) is 3.15. The van der Waals surface area contributed by atoms with Crippen molar-refractivity contribution in [1.82, 2.24) is 9.78 Å². The quantitative estimate of drug-likeness (QED) is 0.816. The summed E-state index contributed by atoms with van der Waals surface area (Å²) < 4.78 is 1.81. The minimum Gasteiger partial charge on any atom is -0.370 e.